The Balaban J connectivity index is 1.96. The predicted octanol–water partition coefficient (Wildman–Crippen LogP) is 0.390. The molecule has 1 aliphatic rings. The number of hydrogen-bond acceptors (Lipinski definition) is 6. The van der Waals surface area contributed by atoms with Crippen LogP contribution in [-0.2, 0) is 4.74 Å². The quantitative estimate of drug-likeness (QED) is 0.582. The molecule has 2 heterocycles. The molecular weight excluding hydrogens is 224 g/mol. The zero-order valence-electron chi connectivity index (χ0n) is 9.26. The van der Waals surface area contributed by atoms with Gasteiger partial charge >= 0.3 is 5.82 Å². The van der Waals surface area contributed by atoms with Gasteiger partial charge in [-0.3, -0.25) is 0 Å². The SMILES string of the molecule is O=[N+]([O-])c1ncccc1NCC1CNCCO1. The lowest BCUT2D eigenvalue weighted by Gasteiger charge is -2.23. The topological polar surface area (TPSA) is 89.3 Å². The summed E-state index contributed by atoms with van der Waals surface area (Å²) in [6.07, 6.45) is 1.44. The first-order valence-electron chi connectivity index (χ1n) is 5.43. The van der Waals surface area contributed by atoms with Gasteiger partial charge in [0.05, 0.1) is 12.7 Å². The number of pyridine rings is 1. The summed E-state index contributed by atoms with van der Waals surface area (Å²) in [6, 6.07) is 3.30. The maximum atomic E-state index is 10.7. The second-order valence-corrected chi connectivity index (χ2v) is 3.71. The molecule has 0 bridgehead atoms. The molecule has 0 amide bonds. The Morgan fingerprint density at radius 3 is 3.29 bits per heavy atom. The molecule has 1 saturated heterocycles. The van der Waals surface area contributed by atoms with E-state index in [1.54, 1.807) is 12.1 Å². The fraction of sp³-hybridized carbons (Fsp3) is 0.500. The third-order valence-electron chi connectivity index (χ3n) is 2.48. The lowest BCUT2D eigenvalue weighted by Crippen LogP contribution is -2.42. The Bertz CT molecular complexity index is 393. The van der Waals surface area contributed by atoms with Crippen molar-refractivity contribution in [1.29, 1.82) is 0 Å². The lowest BCUT2D eigenvalue weighted by molar-refractivity contribution is -0.388. The molecule has 0 aromatic carbocycles. The minimum absolute atomic E-state index is 0.0311. The van der Waals surface area contributed by atoms with E-state index in [1.807, 2.05) is 0 Å². The normalized spacial score (nSPS) is 19.9. The highest BCUT2D eigenvalue weighted by Gasteiger charge is 2.17. The molecule has 0 aliphatic carbocycles. The molecule has 1 aromatic rings. The van der Waals surface area contributed by atoms with Crippen LogP contribution in [0.25, 0.3) is 0 Å². The van der Waals surface area contributed by atoms with Crippen molar-refractivity contribution < 1.29 is 9.66 Å². The zero-order chi connectivity index (χ0) is 12.1. The highest BCUT2D eigenvalue weighted by molar-refractivity contribution is 5.56. The average Bonchev–Trinajstić information content (AvgIpc) is 2.38. The minimum atomic E-state index is -0.498. The Labute approximate surface area is 98.3 Å². The first-order chi connectivity index (χ1) is 8.27. The van der Waals surface area contributed by atoms with Gasteiger partial charge < -0.3 is 25.5 Å². The van der Waals surface area contributed by atoms with E-state index in [2.05, 4.69) is 15.6 Å². The molecule has 1 aromatic heterocycles. The molecule has 0 saturated carbocycles. The monoisotopic (exact) mass is 238 g/mol. The van der Waals surface area contributed by atoms with Crippen LogP contribution in [0.2, 0.25) is 0 Å². The smallest absolute Gasteiger partial charge is 0.375 e. The molecule has 1 atom stereocenters. The van der Waals surface area contributed by atoms with Crippen molar-refractivity contribution in [3.63, 3.8) is 0 Å². The molecule has 2 N–H and O–H groups in total. The number of aromatic nitrogens is 1. The fourth-order valence-electron chi connectivity index (χ4n) is 1.66. The van der Waals surface area contributed by atoms with Crippen molar-refractivity contribution in [3.8, 4) is 0 Å². The van der Waals surface area contributed by atoms with E-state index in [0.717, 1.165) is 13.1 Å². The first kappa shape index (κ1) is 11.7. The van der Waals surface area contributed by atoms with Crippen LogP contribution >= 0.6 is 0 Å². The number of nitrogens with one attached hydrogen (secondary N) is 2. The van der Waals surface area contributed by atoms with Crippen LogP contribution in [-0.4, -0.2) is 42.3 Å². The van der Waals surface area contributed by atoms with Crippen LogP contribution in [0.1, 0.15) is 0 Å². The summed E-state index contributed by atoms with van der Waals surface area (Å²) >= 11 is 0. The van der Waals surface area contributed by atoms with Crippen LogP contribution in [0.4, 0.5) is 11.5 Å². The zero-order valence-corrected chi connectivity index (χ0v) is 9.26. The van der Waals surface area contributed by atoms with Gasteiger partial charge in [-0.2, -0.15) is 0 Å². The Kier molecular flexibility index (Phi) is 3.84. The second-order valence-electron chi connectivity index (χ2n) is 3.71. The summed E-state index contributed by atoms with van der Waals surface area (Å²) in [6.45, 7) is 2.80. The Hall–Kier alpha value is -1.73. The van der Waals surface area contributed by atoms with E-state index < -0.39 is 4.92 Å². The maximum Gasteiger partial charge on any atom is 0.386 e. The van der Waals surface area contributed by atoms with Gasteiger partial charge in [0.15, 0.2) is 0 Å². The van der Waals surface area contributed by atoms with E-state index in [-0.39, 0.29) is 11.9 Å². The molecule has 92 valence electrons. The number of rotatable bonds is 4. The van der Waals surface area contributed by atoms with E-state index in [9.17, 15) is 10.1 Å². The number of hydrogen-bond donors (Lipinski definition) is 2. The van der Waals surface area contributed by atoms with Gasteiger partial charge in [0.1, 0.15) is 11.9 Å². The number of morpholine rings is 1. The van der Waals surface area contributed by atoms with Crippen LogP contribution in [0.5, 0.6) is 0 Å². The Morgan fingerprint density at radius 1 is 1.71 bits per heavy atom. The minimum Gasteiger partial charge on any atom is -0.375 e. The van der Waals surface area contributed by atoms with Crippen LogP contribution in [0.15, 0.2) is 18.3 Å². The fourth-order valence-corrected chi connectivity index (χ4v) is 1.66. The molecule has 1 fully saturated rings. The number of nitro groups is 1. The molecule has 7 nitrogen and oxygen atoms in total. The van der Waals surface area contributed by atoms with Crippen molar-refractivity contribution in [2.45, 2.75) is 6.10 Å². The van der Waals surface area contributed by atoms with Crippen molar-refractivity contribution in [1.82, 2.24) is 10.3 Å². The summed E-state index contributed by atoms with van der Waals surface area (Å²) in [5.41, 5.74) is 0.423. The van der Waals surface area contributed by atoms with Crippen molar-refractivity contribution in [2.24, 2.45) is 0 Å². The summed E-state index contributed by atoms with van der Waals surface area (Å²) in [7, 11) is 0. The molecule has 1 aliphatic heterocycles. The average molecular weight is 238 g/mol. The van der Waals surface area contributed by atoms with E-state index in [4.69, 9.17) is 4.74 Å². The molecular formula is C10H14N4O3. The molecule has 0 radical (unpaired) electrons. The standard InChI is InChI=1S/C10H14N4O3/c15-14(16)10-9(2-1-3-12-10)13-7-8-6-11-4-5-17-8/h1-3,8,11,13H,4-7H2. The van der Waals surface area contributed by atoms with Crippen LogP contribution in [0, 0.1) is 10.1 Å². The maximum absolute atomic E-state index is 10.7. The summed E-state index contributed by atoms with van der Waals surface area (Å²) in [5.74, 6) is -0.156. The van der Waals surface area contributed by atoms with E-state index >= 15 is 0 Å². The third kappa shape index (κ3) is 3.11. The van der Waals surface area contributed by atoms with Gasteiger partial charge in [0.25, 0.3) is 0 Å². The number of ether oxygens (including phenoxy) is 1. The highest BCUT2D eigenvalue weighted by Crippen LogP contribution is 2.19. The molecule has 1 unspecified atom stereocenters. The predicted molar refractivity (Wildman–Crippen MR) is 62.0 cm³/mol. The van der Waals surface area contributed by atoms with Gasteiger partial charge in [-0.1, -0.05) is 0 Å². The third-order valence-corrected chi connectivity index (χ3v) is 2.48. The van der Waals surface area contributed by atoms with E-state index in [0.29, 0.717) is 18.8 Å². The van der Waals surface area contributed by atoms with E-state index in [1.165, 1.54) is 6.20 Å². The van der Waals surface area contributed by atoms with Gasteiger partial charge in [-0.15, -0.1) is 0 Å². The summed E-state index contributed by atoms with van der Waals surface area (Å²) in [5, 5.41) is 16.9. The highest BCUT2D eigenvalue weighted by atomic mass is 16.6. The summed E-state index contributed by atoms with van der Waals surface area (Å²) in [4.78, 5) is 14.0. The van der Waals surface area contributed by atoms with Gasteiger partial charge in [-0.25, -0.2) is 0 Å². The number of anilines is 1. The van der Waals surface area contributed by atoms with Gasteiger partial charge in [0.2, 0.25) is 0 Å². The van der Waals surface area contributed by atoms with Crippen molar-refractivity contribution in [2.75, 3.05) is 31.6 Å². The molecule has 0 spiro atoms. The second kappa shape index (κ2) is 5.55. The summed E-state index contributed by atoms with van der Waals surface area (Å²) < 4.78 is 5.48. The molecule has 2 rings (SSSR count). The molecule has 7 heteroatoms. The molecule has 17 heavy (non-hydrogen) atoms. The Morgan fingerprint density at radius 2 is 2.59 bits per heavy atom. The van der Waals surface area contributed by atoms with Crippen molar-refractivity contribution >= 4 is 11.5 Å². The van der Waals surface area contributed by atoms with Crippen molar-refractivity contribution in [3.05, 3.63) is 28.4 Å². The first-order valence-corrected chi connectivity index (χ1v) is 5.43. The van der Waals surface area contributed by atoms with Crippen LogP contribution < -0.4 is 10.6 Å². The number of nitrogens with zero attached hydrogens (tertiary/aromatic N) is 2. The van der Waals surface area contributed by atoms with Gasteiger partial charge in [0, 0.05) is 19.6 Å². The van der Waals surface area contributed by atoms with Crippen LogP contribution in [0.3, 0.4) is 0 Å². The van der Waals surface area contributed by atoms with Gasteiger partial charge in [-0.05, 0) is 22.0 Å². The largest absolute Gasteiger partial charge is 0.386 e. The lowest BCUT2D eigenvalue weighted by atomic mass is 10.3.